The molecule has 22 heavy (non-hydrogen) atoms. The second kappa shape index (κ2) is 6.34. The molecule has 1 aliphatic heterocycles. The van der Waals surface area contributed by atoms with E-state index in [0.29, 0.717) is 12.2 Å². The second-order valence-electron chi connectivity index (χ2n) is 5.97. The zero-order valence-corrected chi connectivity index (χ0v) is 13.1. The Labute approximate surface area is 129 Å². The first-order valence-corrected chi connectivity index (χ1v) is 7.93. The van der Waals surface area contributed by atoms with Crippen molar-refractivity contribution >= 4 is 5.91 Å². The number of aromatic amines is 1. The maximum atomic E-state index is 12.6. The zero-order chi connectivity index (χ0) is 15.5. The van der Waals surface area contributed by atoms with Crippen LogP contribution < -0.4 is 0 Å². The van der Waals surface area contributed by atoms with Crippen molar-refractivity contribution < 1.29 is 9.32 Å². The van der Waals surface area contributed by atoms with Crippen molar-refractivity contribution in [2.45, 2.75) is 45.4 Å². The monoisotopic (exact) mass is 302 g/mol. The lowest BCUT2D eigenvalue weighted by atomic mass is 9.97. The molecule has 6 heteroatoms. The van der Waals surface area contributed by atoms with Crippen molar-refractivity contribution in [3.63, 3.8) is 0 Å². The van der Waals surface area contributed by atoms with Gasteiger partial charge in [0.15, 0.2) is 5.69 Å². The Hall–Kier alpha value is -2.11. The van der Waals surface area contributed by atoms with Gasteiger partial charge in [-0.3, -0.25) is 4.79 Å². The van der Waals surface area contributed by atoms with E-state index in [1.165, 1.54) is 0 Å². The quantitative estimate of drug-likeness (QED) is 0.942. The molecule has 0 aliphatic carbocycles. The minimum absolute atomic E-state index is 0.0425. The highest BCUT2D eigenvalue weighted by atomic mass is 16.5. The van der Waals surface area contributed by atoms with Crippen molar-refractivity contribution in [1.82, 2.24) is 20.0 Å². The first-order chi connectivity index (χ1) is 10.7. The summed E-state index contributed by atoms with van der Waals surface area (Å²) in [5.41, 5.74) is 1.47. The molecule has 118 valence electrons. The highest BCUT2D eigenvalue weighted by molar-refractivity contribution is 5.92. The molecule has 1 amide bonds. The Morgan fingerprint density at radius 3 is 3.14 bits per heavy atom. The molecule has 3 rings (SSSR count). The Morgan fingerprint density at radius 1 is 1.55 bits per heavy atom. The maximum Gasteiger partial charge on any atom is 0.276 e. The van der Waals surface area contributed by atoms with Gasteiger partial charge in [-0.05, 0) is 26.2 Å². The number of hydrogen-bond acceptors (Lipinski definition) is 4. The van der Waals surface area contributed by atoms with Gasteiger partial charge in [0.1, 0.15) is 11.6 Å². The number of amides is 1. The fourth-order valence-corrected chi connectivity index (χ4v) is 2.97. The third-order valence-corrected chi connectivity index (χ3v) is 4.09. The Morgan fingerprint density at radius 2 is 2.41 bits per heavy atom. The standard InChI is InChI=1S/C16H22N4O2/c1-3-5-13-8-14(19-22-13)16(21)20-7-4-6-12(10-20)15-17-9-11(2)18-15/h8-9,12H,3-7,10H2,1-2H3,(H,17,18)/t12-/m0/s1. The van der Waals surface area contributed by atoms with Crippen LogP contribution in [0.4, 0.5) is 0 Å². The molecule has 1 saturated heterocycles. The molecule has 0 bridgehead atoms. The lowest BCUT2D eigenvalue weighted by Crippen LogP contribution is -2.39. The average Bonchev–Trinajstić information content (AvgIpc) is 3.16. The number of H-pyrrole nitrogens is 1. The van der Waals surface area contributed by atoms with Crippen LogP contribution in [0.3, 0.4) is 0 Å². The van der Waals surface area contributed by atoms with Crippen LogP contribution >= 0.6 is 0 Å². The summed E-state index contributed by atoms with van der Waals surface area (Å²) in [5, 5.41) is 3.92. The fraction of sp³-hybridized carbons (Fsp3) is 0.562. The first kappa shape index (κ1) is 14.8. The van der Waals surface area contributed by atoms with E-state index in [9.17, 15) is 4.79 Å². The predicted octanol–water partition coefficient (Wildman–Crippen LogP) is 2.68. The Kier molecular flexibility index (Phi) is 4.27. The molecule has 0 unspecified atom stereocenters. The van der Waals surface area contributed by atoms with Gasteiger partial charge in [0, 0.05) is 43.4 Å². The number of aromatic nitrogens is 3. The molecule has 1 aliphatic rings. The van der Waals surface area contributed by atoms with Crippen LogP contribution in [0.25, 0.3) is 0 Å². The topological polar surface area (TPSA) is 75.0 Å². The normalized spacial score (nSPS) is 18.6. The van der Waals surface area contributed by atoms with Crippen molar-refractivity contribution in [2.24, 2.45) is 0 Å². The van der Waals surface area contributed by atoms with E-state index in [2.05, 4.69) is 22.0 Å². The SMILES string of the molecule is CCCc1cc(C(=O)N2CCC[C@H](c3ncc(C)[nH]3)C2)no1. The van der Waals surface area contributed by atoms with Crippen LogP contribution in [0, 0.1) is 6.92 Å². The third-order valence-electron chi connectivity index (χ3n) is 4.09. The van der Waals surface area contributed by atoms with Gasteiger partial charge in [-0.1, -0.05) is 12.1 Å². The van der Waals surface area contributed by atoms with E-state index in [4.69, 9.17) is 4.52 Å². The van der Waals surface area contributed by atoms with E-state index < -0.39 is 0 Å². The summed E-state index contributed by atoms with van der Waals surface area (Å²) in [5.74, 6) is 1.98. The second-order valence-corrected chi connectivity index (χ2v) is 5.97. The molecule has 2 aromatic heterocycles. The highest BCUT2D eigenvalue weighted by Crippen LogP contribution is 2.25. The van der Waals surface area contributed by atoms with Crippen LogP contribution in [0.15, 0.2) is 16.8 Å². The molecular formula is C16H22N4O2. The van der Waals surface area contributed by atoms with Gasteiger partial charge in [0.05, 0.1) is 0 Å². The smallest absolute Gasteiger partial charge is 0.276 e. The summed E-state index contributed by atoms with van der Waals surface area (Å²) in [6.45, 7) is 5.52. The number of nitrogens with zero attached hydrogens (tertiary/aromatic N) is 3. The highest BCUT2D eigenvalue weighted by Gasteiger charge is 2.28. The van der Waals surface area contributed by atoms with E-state index in [1.54, 1.807) is 6.07 Å². The molecule has 6 nitrogen and oxygen atoms in total. The number of rotatable bonds is 4. The number of hydrogen-bond donors (Lipinski definition) is 1. The molecule has 1 atom stereocenters. The molecule has 0 aromatic carbocycles. The lowest BCUT2D eigenvalue weighted by molar-refractivity contribution is 0.0694. The van der Waals surface area contributed by atoms with E-state index in [-0.39, 0.29) is 11.8 Å². The third kappa shape index (κ3) is 3.05. The molecule has 2 aromatic rings. The Bertz CT molecular complexity index is 646. The number of nitrogens with one attached hydrogen (secondary N) is 1. The minimum atomic E-state index is -0.0425. The minimum Gasteiger partial charge on any atom is -0.361 e. The summed E-state index contributed by atoms with van der Waals surface area (Å²) in [6.07, 6.45) is 5.66. The van der Waals surface area contributed by atoms with Crippen molar-refractivity contribution in [2.75, 3.05) is 13.1 Å². The number of imidazole rings is 1. The van der Waals surface area contributed by atoms with E-state index in [1.807, 2.05) is 18.0 Å². The summed E-state index contributed by atoms with van der Waals surface area (Å²) < 4.78 is 5.22. The molecule has 0 saturated carbocycles. The van der Waals surface area contributed by atoms with E-state index in [0.717, 1.165) is 49.5 Å². The number of piperidine rings is 1. The van der Waals surface area contributed by atoms with Crippen LogP contribution in [-0.2, 0) is 6.42 Å². The summed E-state index contributed by atoms with van der Waals surface area (Å²) in [6, 6.07) is 1.77. The zero-order valence-electron chi connectivity index (χ0n) is 13.1. The molecule has 1 N–H and O–H groups in total. The van der Waals surface area contributed by atoms with Crippen LogP contribution in [0.5, 0.6) is 0 Å². The predicted molar refractivity (Wildman–Crippen MR) is 81.7 cm³/mol. The van der Waals surface area contributed by atoms with Crippen LogP contribution in [0.1, 0.15) is 59.9 Å². The Balaban J connectivity index is 1.69. The van der Waals surface area contributed by atoms with Gasteiger partial charge in [0.2, 0.25) is 0 Å². The van der Waals surface area contributed by atoms with Crippen molar-refractivity contribution in [3.8, 4) is 0 Å². The molecular weight excluding hydrogens is 280 g/mol. The van der Waals surface area contributed by atoms with Gasteiger partial charge in [0.25, 0.3) is 5.91 Å². The van der Waals surface area contributed by atoms with Gasteiger partial charge in [-0.25, -0.2) is 4.98 Å². The van der Waals surface area contributed by atoms with Gasteiger partial charge < -0.3 is 14.4 Å². The van der Waals surface area contributed by atoms with Crippen molar-refractivity contribution in [3.05, 3.63) is 35.2 Å². The number of carbonyl (C=O) groups excluding carboxylic acids is 1. The summed E-state index contributed by atoms with van der Waals surface area (Å²) in [7, 11) is 0. The van der Waals surface area contributed by atoms with E-state index >= 15 is 0 Å². The number of carbonyl (C=O) groups is 1. The molecule has 0 radical (unpaired) electrons. The fourth-order valence-electron chi connectivity index (χ4n) is 2.97. The molecule has 0 spiro atoms. The van der Waals surface area contributed by atoms with Crippen LogP contribution in [0.2, 0.25) is 0 Å². The summed E-state index contributed by atoms with van der Waals surface area (Å²) >= 11 is 0. The largest absolute Gasteiger partial charge is 0.361 e. The number of aryl methyl sites for hydroxylation is 2. The number of likely N-dealkylation sites (tertiary alicyclic amines) is 1. The van der Waals surface area contributed by atoms with Gasteiger partial charge in [-0.2, -0.15) is 0 Å². The molecule has 3 heterocycles. The van der Waals surface area contributed by atoms with Crippen LogP contribution in [-0.4, -0.2) is 39.0 Å². The van der Waals surface area contributed by atoms with Crippen molar-refractivity contribution in [1.29, 1.82) is 0 Å². The van der Waals surface area contributed by atoms with Gasteiger partial charge >= 0.3 is 0 Å². The summed E-state index contributed by atoms with van der Waals surface area (Å²) in [4.78, 5) is 22.1. The van der Waals surface area contributed by atoms with Gasteiger partial charge in [-0.15, -0.1) is 0 Å². The maximum absolute atomic E-state index is 12.6. The first-order valence-electron chi connectivity index (χ1n) is 7.93. The molecule has 1 fully saturated rings. The average molecular weight is 302 g/mol. The lowest BCUT2D eigenvalue weighted by Gasteiger charge is -2.31.